The highest BCUT2D eigenvalue weighted by Gasteiger charge is 1.99. The van der Waals surface area contributed by atoms with Crippen molar-refractivity contribution in [3.8, 4) is 0 Å². The van der Waals surface area contributed by atoms with Gasteiger partial charge in [0.05, 0.1) is 0 Å². The van der Waals surface area contributed by atoms with Gasteiger partial charge in [-0.1, -0.05) is 77.9 Å². The maximum absolute atomic E-state index is 11.9. The number of hydrogen-bond donors (Lipinski definition) is 0. The molecule has 14 heavy (non-hydrogen) atoms. The molecule has 0 saturated heterocycles. The molecule has 0 N–H and O–H groups in total. The van der Waals surface area contributed by atoms with Crippen LogP contribution in [-0.2, 0) is 0 Å². The Morgan fingerprint density at radius 3 is 1.36 bits per heavy atom. The summed E-state index contributed by atoms with van der Waals surface area (Å²) in [7, 11) is 0. The Kier molecular flexibility index (Phi) is 2.61. The van der Waals surface area contributed by atoms with E-state index >= 15 is 0 Å². The van der Waals surface area contributed by atoms with E-state index in [1.807, 2.05) is 60.7 Å². The fraction of sp³-hybridized carbons (Fsp3) is 0.0769. The molecule has 0 aliphatic rings. The van der Waals surface area contributed by atoms with Crippen molar-refractivity contribution >= 4 is 0 Å². The highest BCUT2D eigenvalue weighted by atomic mass is 16.3. The topological polar surface area (TPSA) is 23.1 Å². The van der Waals surface area contributed by atoms with Crippen LogP contribution in [0.25, 0.3) is 0 Å². The average molecular weight is 183 g/mol. The van der Waals surface area contributed by atoms with Crippen LogP contribution in [0.5, 0.6) is 0 Å². The summed E-state index contributed by atoms with van der Waals surface area (Å²) in [6.45, 7) is 0. The SMILES string of the molecule is [O-]C(c1ccccc1)c1ccccc1. The Hall–Kier alpha value is -1.60. The summed E-state index contributed by atoms with van der Waals surface area (Å²) in [4.78, 5) is 0. The van der Waals surface area contributed by atoms with Crippen LogP contribution in [0.4, 0.5) is 0 Å². The molecular weight excluding hydrogens is 172 g/mol. The van der Waals surface area contributed by atoms with E-state index in [1.54, 1.807) is 0 Å². The molecule has 0 spiro atoms. The van der Waals surface area contributed by atoms with Crippen LogP contribution >= 0.6 is 0 Å². The lowest BCUT2D eigenvalue weighted by Gasteiger charge is -2.22. The normalized spacial score (nSPS) is 10.4. The maximum atomic E-state index is 11.9. The molecule has 0 unspecified atom stereocenters. The van der Waals surface area contributed by atoms with Crippen LogP contribution in [-0.4, -0.2) is 0 Å². The predicted molar refractivity (Wildman–Crippen MR) is 54.7 cm³/mol. The van der Waals surface area contributed by atoms with Crippen molar-refractivity contribution in [3.05, 3.63) is 71.8 Å². The van der Waals surface area contributed by atoms with E-state index in [1.165, 1.54) is 0 Å². The van der Waals surface area contributed by atoms with Gasteiger partial charge in [0.1, 0.15) is 0 Å². The number of rotatable bonds is 2. The minimum absolute atomic E-state index is 0.766. The van der Waals surface area contributed by atoms with Gasteiger partial charge in [-0.3, -0.25) is 0 Å². The first-order valence-electron chi connectivity index (χ1n) is 4.63. The summed E-state index contributed by atoms with van der Waals surface area (Å²) in [5.41, 5.74) is 1.64. The highest BCUT2D eigenvalue weighted by Crippen LogP contribution is 2.17. The summed E-state index contributed by atoms with van der Waals surface area (Å²) in [6, 6.07) is 18.9. The summed E-state index contributed by atoms with van der Waals surface area (Å²) < 4.78 is 0. The second-order valence-electron chi connectivity index (χ2n) is 3.20. The predicted octanol–water partition coefficient (Wildman–Crippen LogP) is 2.14. The first-order chi connectivity index (χ1) is 6.88. The maximum Gasteiger partial charge on any atom is -0.0572 e. The third-order valence-electron chi connectivity index (χ3n) is 2.20. The molecule has 0 aliphatic heterocycles. The molecule has 70 valence electrons. The van der Waals surface area contributed by atoms with E-state index < -0.39 is 6.10 Å². The molecule has 0 aromatic heterocycles. The Bertz CT molecular complexity index is 341. The van der Waals surface area contributed by atoms with Gasteiger partial charge in [0, 0.05) is 0 Å². The van der Waals surface area contributed by atoms with Crippen LogP contribution < -0.4 is 5.11 Å². The van der Waals surface area contributed by atoms with Crippen LogP contribution in [0.2, 0.25) is 0 Å². The first kappa shape index (κ1) is 8.97. The van der Waals surface area contributed by atoms with Crippen molar-refractivity contribution < 1.29 is 5.11 Å². The van der Waals surface area contributed by atoms with Crippen molar-refractivity contribution in [3.63, 3.8) is 0 Å². The molecule has 0 heterocycles. The third-order valence-corrected chi connectivity index (χ3v) is 2.20. The van der Waals surface area contributed by atoms with Gasteiger partial charge in [0.25, 0.3) is 0 Å². The van der Waals surface area contributed by atoms with Crippen molar-refractivity contribution in [2.45, 2.75) is 6.10 Å². The molecule has 0 saturated carbocycles. The molecule has 0 radical (unpaired) electrons. The van der Waals surface area contributed by atoms with Gasteiger partial charge in [-0.05, 0) is 0 Å². The van der Waals surface area contributed by atoms with Crippen molar-refractivity contribution in [2.75, 3.05) is 0 Å². The lowest BCUT2D eigenvalue weighted by Crippen LogP contribution is -2.16. The second-order valence-corrected chi connectivity index (χ2v) is 3.20. The molecule has 2 aromatic rings. The monoisotopic (exact) mass is 183 g/mol. The smallest absolute Gasteiger partial charge is 0.0572 e. The van der Waals surface area contributed by atoms with Crippen LogP contribution in [0.3, 0.4) is 0 Å². The summed E-state index contributed by atoms with van der Waals surface area (Å²) in [5.74, 6) is 0. The van der Waals surface area contributed by atoms with Gasteiger partial charge in [-0.25, -0.2) is 0 Å². The summed E-state index contributed by atoms with van der Waals surface area (Å²) >= 11 is 0. The number of hydrogen-bond acceptors (Lipinski definition) is 1. The summed E-state index contributed by atoms with van der Waals surface area (Å²) in [6.07, 6.45) is -0.766. The Balaban J connectivity index is 2.30. The molecule has 1 heteroatoms. The molecule has 0 aliphatic carbocycles. The lowest BCUT2D eigenvalue weighted by atomic mass is 10.0. The van der Waals surface area contributed by atoms with E-state index in [9.17, 15) is 5.11 Å². The average Bonchev–Trinajstić information content (AvgIpc) is 2.30. The molecule has 1 nitrogen and oxygen atoms in total. The third kappa shape index (κ3) is 1.83. The van der Waals surface area contributed by atoms with Crippen molar-refractivity contribution in [1.29, 1.82) is 0 Å². The van der Waals surface area contributed by atoms with E-state index in [4.69, 9.17) is 0 Å². The summed E-state index contributed by atoms with van der Waals surface area (Å²) in [5, 5.41) is 11.9. The zero-order valence-electron chi connectivity index (χ0n) is 7.76. The van der Waals surface area contributed by atoms with Crippen LogP contribution in [0.15, 0.2) is 60.7 Å². The van der Waals surface area contributed by atoms with E-state index in [-0.39, 0.29) is 0 Å². The fourth-order valence-electron chi connectivity index (χ4n) is 1.45. The van der Waals surface area contributed by atoms with Gasteiger partial charge >= 0.3 is 0 Å². The molecule has 2 aromatic carbocycles. The van der Waals surface area contributed by atoms with Gasteiger partial charge in [0.2, 0.25) is 0 Å². The molecule has 2 rings (SSSR count). The van der Waals surface area contributed by atoms with E-state index in [0.29, 0.717) is 0 Å². The van der Waals surface area contributed by atoms with Crippen LogP contribution in [0.1, 0.15) is 17.2 Å². The molecular formula is C13H11O-. The zero-order chi connectivity index (χ0) is 9.80. The zero-order valence-corrected chi connectivity index (χ0v) is 7.76. The minimum Gasteiger partial charge on any atom is -0.845 e. The molecule has 0 bridgehead atoms. The quantitative estimate of drug-likeness (QED) is 0.699. The van der Waals surface area contributed by atoms with Crippen molar-refractivity contribution in [1.82, 2.24) is 0 Å². The van der Waals surface area contributed by atoms with Gasteiger partial charge < -0.3 is 5.11 Å². The molecule has 0 atom stereocenters. The largest absolute Gasteiger partial charge is 0.845 e. The van der Waals surface area contributed by atoms with E-state index in [2.05, 4.69) is 0 Å². The van der Waals surface area contributed by atoms with E-state index in [0.717, 1.165) is 11.1 Å². The van der Waals surface area contributed by atoms with Crippen molar-refractivity contribution in [2.24, 2.45) is 0 Å². The van der Waals surface area contributed by atoms with Gasteiger partial charge in [-0.15, -0.1) is 0 Å². The first-order valence-corrected chi connectivity index (χ1v) is 4.63. The minimum atomic E-state index is -0.766. The second kappa shape index (κ2) is 4.07. The van der Waals surface area contributed by atoms with Crippen LogP contribution in [0, 0.1) is 0 Å². The van der Waals surface area contributed by atoms with Gasteiger partial charge in [-0.2, -0.15) is 0 Å². The Morgan fingerprint density at radius 1 is 0.643 bits per heavy atom. The number of benzene rings is 2. The lowest BCUT2D eigenvalue weighted by molar-refractivity contribution is -0.411. The van der Waals surface area contributed by atoms with Gasteiger partial charge in [0.15, 0.2) is 0 Å². The molecule has 0 fully saturated rings. The highest BCUT2D eigenvalue weighted by molar-refractivity contribution is 5.28. The standard InChI is InChI=1S/C13H11O/c14-13(11-7-3-1-4-8-11)12-9-5-2-6-10-12/h1-10,13H/q-1. The Morgan fingerprint density at radius 2 is 1.00 bits per heavy atom. The molecule has 0 amide bonds. The Labute approximate surface area is 83.6 Å². The fourth-order valence-corrected chi connectivity index (χ4v) is 1.45.